The largest absolute Gasteiger partial charge is 0.380 e. The van der Waals surface area contributed by atoms with Crippen LogP contribution < -0.4 is 0 Å². The molecule has 3 rings (SSSR count). The Bertz CT molecular complexity index is 621. The first-order valence-corrected chi connectivity index (χ1v) is 9.85. The number of benzene rings is 1. The van der Waals surface area contributed by atoms with E-state index in [9.17, 15) is 4.79 Å². The molecule has 1 amide bonds. The molecule has 2 heterocycles. The van der Waals surface area contributed by atoms with E-state index in [4.69, 9.17) is 4.74 Å². The molecule has 2 saturated heterocycles. The van der Waals surface area contributed by atoms with Gasteiger partial charge in [-0.25, -0.2) is 0 Å². The van der Waals surface area contributed by atoms with Crippen LogP contribution >= 0.6 is 0 Å². The molecule has 4 nitrogen and oxygen atoms in total. The molecule has 2 aliphatic rings. The Morgan fingerprint density at radius 2 is 1.92 bits per heavy atom. The fourth-order valence-corrected chi connectivity index (χ4v) is 3.98. The first-order chi connectivity index (χ1) is 12.5. The van der Waals surface area contributed by atoms with Gasteiger partial charge < -0.3 is 9.64 Å². The molecule has 2 aliphatic heterocycles. The smallest absolute Gasteiger partial charge is 0.236 e. The third-order valence-electron chi connectivity index (χ3n) is 5.88. The van der Waals surface area contributed by atoms with Crippen LogP contribution in [0.1, 0.15) is 36.0 Å². The number of nitrogens with zero attached hydrogens (tertiary/aromatic N) is 2. The lowest BCUT2D eigenvalue weighted by Gasteiger charge is -2.33. The van der Waals surface area contributed by atoms with E-state index < -0.39 is 0 Å². The topological polar surface area (TPSA) is 32.8 Å². The predicted molar refractivity (Wildman–Crippen MR) is 106 cm³/mol. The molecule has 1 aromatic rings. The highest BCUT2D eigenvalue weighted by molar-refractivity contribution is 5.78. The highest BCUT2D eigenvalue weighted by Crippen LogP contribution is 2.22. The number of allylic oxidation sites excluding steroid dienone is 1. The second-order valence-corrected chi connectivity index (χ2v) is 7.82. The number of hydrogen-bond donors (Lipinski definition) is 0. The van der Waals surface area contributed by atoms with Crippen LogP contribution in [0, 0.1) is 19.8 Å². The van der Waals surface area contributed by atoms with Crippen molar-refractivity contribution in [3.05, 3.63) is 41.0 Å². The van der Waals surface area contributed by atoms with Crippen LogP contribution in [-0.2, 0) is 9.53 Å². The van der Waals surface area contributed by atoms with Crippen LogP contribution in [0.3, 0.4) is 0 Å². The quantitative estimate of drug-likeness (QED) is 0.812. The molecule has 4 heteroatoms. The standard InChI is InChI=1S/C22H32N2O2/c1-17-5-4-6-18(2)21(17)8-7-19-9-12-24(13-10-19)22(25)15-23(3)20-11-14-26-16-20/h4-8,19-20H,9-16H2,1-3H3/t20-/m1/s1. The number of carbonyl (C=O) groups is 1. The molecule has 0 radical (unpaired) electrons. The summed E-state index contributed by atoms with van der Waals surface area (Å²) >= 11 is 0. The Balaban J connectivity index is 1.48. The number of carbonyl (C=O) groups excluding carboxylic acids is 1. The highest BCUT2D eigenvalue weighted by Gasteiger charge is 2.26. The number of hydrogen-bond acceptors (Lipinski definition) is 3. The van der Waals surface area contributed by atoms with Gasteiger partial charge in [0.15, 0.2) is 0 Å². The SMILES string of the molecule is Cc1cccc(C)c1C=CC1CCN(C(=O)CN(C)[C@@H]2CCOC2)CC1. The summed E-state index contributed by atoms with van der Waals surface area (Å²) in [5.41, 5.74) is 3.99. The van der Waals surface area contributed by atoms with E-state index in [0.717, 1.165) is 45.6 Å². The molecule has 142 valence electrons. The molecular weight excluding hydrogens is 324 g/mol. The van der Waals surface area contributed by atoms with Crippen LogP contribution in [0.2, 0.25) is 0 Å². The van der Waals surface area contributed by atoms with Crippen LogP contribution in [0.4, 0.5) is 0 Å². The van der Waals surface area contributed by atoms with Crippen LogP contribution in [0.25, 0.3) is 6.08 Å². The summed E-state index contributed by atoms with van der Waals surface area (Å²) in [5, 5.41) is 0. The minimum Gasteiger partial charge on any atom is -0.380 e. The predicted octanol–water partition coefficient (Wildman–Crippen LogP) is 3.28. The maximum Gasteiger partial charge on any atom is 0.236 e. The molecule has 0 N–H and O–H groups in total. The van der Waals surface area contributed by atoms with Crippen molar-refractivity contribution in [2.75, 3.05) is 39.9 Å². The fourth-order valence-electron chi connectivity index (χ4n) is 3.98. The lowest BCUT2D eigenvalue weighted by atomic mass is 9.94. The van der Waals surface area contributed by atoms with Crippen molar-refractivity contribution in [2.45, 2.75) is 39.2 Å². The van der Waals surface area contributed by atoms with E-state index in [1.165, 1.54) is 16.7 Å². The summed E-state index contributed by atoms with van der Waals surface area (Å²) in [6.45, 7) is 8.16. The number of ether oxygens (including phenoxy) is 1. The molecular formula is C22H32N2O2. The lowest BCUT2D eigenvalue weighted by molar-refractivity contribution is -0.133. The van der Waals surface area contributed by atoms with Gasteiger partial charge in [0.2, 0.25) is 5.91 Å². The summed E-state index contributed by atoms with van der Waals surface area (Å²) in [6, 6.07) is 6.84. The molecule has 0 aromatic heterocycles. The van der Waals surface area contributed by atoms with Crippen LogP contribution in [0.5, 0.6) is 0 Å². The molecule has 0 aliphatic carbocycles. The second-order valence-electron chi connectivity index (χ2n) is 7.82. The van der Waals surface area contributed by atoms with E-state index in [1.54, 1.807) is 0 Å². The van der Waals surface area contributed by atoms with Gasteiger partial charge >= 0.3 is 0 Å². The number of amides is 1. The van der Waals surface area contributed by atoms with E-state index in [1.807, 2.05) is 11.9 Å². The van der Waals surface area contributed by atoms with Crippen molar-refractivity contribution in [3.8, 4) is 0 Å². The Hall–Kier alpha value is -1.65. The van der Waals surface area contributed by atoms with Gasteiger partial charge in [-0.3, -0.25) is 9.69 Å². The number of rotatable bonds is 5. The minimum atomic E-state index is 0.261. The average Bonchev–Trinajstić information content (AvgIpc) is 3.16. The van der Waals surface area contributed by atoms with Crippen molar-refractivity contribution < 1.29 is 9.53 Å². The van der Waals surface area contributed by atoms with E-state index >= 15 is 0 Å². The summed E-state index contributed by atoms with van der Waals surface area (Å²) in [6.07, 6.45) is 7.78. The summed E-state index contributed by atoms with van der Waals surface area (Å²) in [7, 11) is 2.04. The van der Waals surface area contributed by atoms with E-state index in [-0.39, 0.29) is 5.91 Å². The van der Waals surface area contributed by atoms with Crippen molar-refractivity contribution in [1.29, 1.82) is 0 Å². The lowest BCUT2D eigenvalue weighted by Crippen LogP contribution is -2.45. The average molecular weight is 357 g/mol. The first-order valence-electron chi connectivity index (χ1n) is 9.85. The van der Waals surface area contributed by atoms with Gasteiger partial charge in [-0.15, -0.1) is 0 Å². The monoisotopic (exact) mass is 356 g/mol. The van der Waals surface area contributed by atoms with Crippen molar-refractivity contribution in [1.82, 2.24) is 9.80 Å². The van der Waals surface area contributed by atoms with Crippen LogP contribution in [-0.4, -0.2) is 61.6 Å². The summed E-state index contributed by atoms with van der Waals surface area (Å²) < 4.78 is 5.43. The molecule has 0 saturated carbocycles. The van der Waals surface area contributed by atoms with Gasteiger partial charge in [0, 0.05) is 25.7 Å². The van der Waals surface area contributed by atoms with Gasteiger partial charge in [-0.2, -0.15) is 0 Å². The second kappa shape index (κ2) is 8.83. The normalized spacial score (nSPS) is 21.8. The Kier molecular flexibility index (Phi) is 6.49. The highest BCUT2D eigenvalue weighted by atomic mass is 16.5. The number of piperidine rings is 1. The molecule has 1 atom stereocenters. The zero-order valence-electron chi connectivity index (χ0n) is 16.4. The maximum atomic E-state index is 12.6. The van der Waals surface area contributed by atoms with Crippen molar-refractivity contribution in [3.63, 3.8) is 0 Å². The Morgan fingerprint density at radius 1 is 1.23 bits per heavy atom. The van der Waals surface area contributed by atoms with Crippen molar-refractivity contribution >= 4 is 12.0 Å². The van der Waals surface area contributed by atoms with Gasteiger partial charge in [0.05, 0.1) is 13.2 Å². The van der Waals surface area contributed by atoms with Crippen molar-refractivity contribution in [2.24, 2.45) is 5.92 Å². The Morgan fingerprint density at radius 3 is 2.54 bits per heavy atom. The summed E-state index contributed by atoms with van der Waals surface area (Å²) in [4.78, 5) is 16.8. The van der Waals surface area contributed by atoms with Gasteiger partial charge in [0.1, 0.15) is 0 Å². The molecule has 0 unspecified atom stereocenters. The van der Waals surface area contributed by atoms with Gasteiger partial charge in [-0.05, 0) is 62.8 Å². The third-order valence-corrected chi connectivity index (χ3v) is 5.88. The minimum absolute atomic E-state index is 0.261. The molecule has 2 fully saturated rings. The number of likely N-dealkylation sites (N-methyl/N-ethyl adjacent to an activating group) is 1. The van der Waals surface area contributed by atoms with E-state index in [0.29, 0.717) is 18.5 Å². The zero-order valence-corrected chi connectivity index (χ0v) is 16.4. The number of likely N-dealkylation sites (tertiary alicyclic amines) is 1. The zero-order chi connectivity index (χ0) is 18.5. The molecule has 0 bridgehead atoms. The molecule has 0 spiro atoms. The first kappa shape index (κ1) is 19.1. The third kappa shape index (κ3) is 4.74. The van der Waals surface area contributed by atoms with E-state index in [2.05, 4.69) is 49.1 Å². The van der Waals surface area contributed by atoms with Gasteiger partial charge in [0.25, 0.3) is 0 Å². The Labute approximate surface area is 157 Å². The molecule has 1 aromatic carbocycles. The van der Waals surface area contributed by atoms with Crippen LogP contribution in [0.15, 0.2) is 24.3 Å². The number of aryl methyl sites for hydroxylation is 2. The molecule has 26 heavy (non-hydrogen) atoms. The summed E-state index contributed by atoms with van der Waals surface area (Å²) in [5.74, 6) is 0.829. The van der Waals surface area contributed by atoms with Gasteiger partial charge in [-0.1, -0.05) is 30.4 Å². The maximum absolute atomic E-state index is 12.6. The fraction of sp³-hybridized carbons (Fsp3) is 0.591.